The van der Waals surface area contributed by atoms with Crippen molar-refractivity contribution in [3.63, 3.8) is 0 Å². The third kappa shape index (κ3) is 1.98. The second-order valence-corrected chi connectivity index (χ2v) is 5.00. The molecule has 1 heterocycles. The maximum atomic E-state index is 5.95. The molecule has 2 N–H and O–H groups in total. The Hall–Kier alpha value is -0.410. The topological polar surface area (TPSA) is 38.9 Å². The van der Waals surface area contributed by atoms with E-state index in [1.807, 2.05) is 0 Å². The van der Waals surface area contributed by atoms with Gasteiger partial charge in [-0.3, -0.25) is 0 Å². The highest BCUT2D eigenvalue weighted by atomic mass is 32.1. The molecular formula is C11H18N2S. The van der Waals surface area contributed by atoms with Crippen molar-refractivity contribution in [3.05, 3.63) is 16.1 Å². The van der Waals surface area contributed by atoms with Crippen molar-refractivity contribution in [2.24, 2.45) is 5.73 Å². The molecule has 0 aliphatic heterocycles. The van der Waals surface area contributed by atoms with E-state index in [0.717, 1.165) is 18.0 Å². The maximum Gasteiger partial charge on any atom is 0.0959 e. The third-order valence-corrected chi connectivity index (χ3v) is 4.09. The molecule has 1 atom stereocenters. The zero-order chi connectivity index (χ0) is 9.97. The van der Waals surface area contributed by atoms with Gasteiger partial charge < -0.3 is 5.73 Å². The fourth-order valence-electron chi connectivity index (χ4n) is 2.04. The van der Waals surface area contributed by atoms with Gasteiger partial charge in [-0.1, -0.05) is 19.8 Å². The van der Waals surface area contributed by atoms with Gasteiger partial charge in [0.15, 0.2) is 0 Å². The van der Waals surface area contributed by atoms with Gasteiger partial charge in [-0.2, -0.15) is 0 Å². The molecule has 0 aromatic carbocycles. The van der Waals surface area contributed by atoms with Gasteiger partial charge in [0.05, 0.1) is 10.7 Å². The quantitative estimate of drug-likeness (QED) is 0.832. The lowest BCUT2D eigenvalue weighted by atomic mass is 10.1. The molecular weight excluding hydrogens is 192 g/mol. The molecule has 0 radical (unpaired) electrons. The minimum absolute atomic E-state index is 0.140. The standard InChI is InChI=1S/C11H18N2S/c1-2-9(12)10-7-14-11(13-10)8-5-3-4-6-8/h7-9H,2-6,12H2,1H3. The van der Waals surface area contributed by atoms with Gasteiger partial charge in [-0.25, -0.2) is 4.98 Å². The normalized spacial score (nSPS) is 20.1. The van der Waals surface area contributed by atoms with Crippen molar-refractivity contribution >= 4 is 11.3 Å². The molecule has 2 rings (SSSR count). The van der Waals surface area contributed by atoms with Crippen LogP contribution >= 0.6 is 11.3 Å². The van der Waals surface area contributed by atoms with Gasteiger partial charge in [0, 0.05) is 17.3 Å². The Kier molecular flexibility index (Phi) is 3.19. The fourth-order valence-corrected chi connectivity index (χ4v) is 3.10. The summed E-state index contributed by atoms with van der Waals surface area (Å²) < 4.78 is 0. The molecule has 0 spiro atoms. The van der Waals surface area contributed by atoms with Crippen molar-refractivity contribution in [1.82, 2.24) is 4.98 Å². The molecule has 78 valence electrons. The number of hydrogen-bond acceptors (Lipinski definition) is 3. The number of nitrogens with zero attached hydrogens (tertiary/aromatic N) is 1. The first-order valence-corrected chi connectivity index (χ1v) is 6.40. The highest BCUT2D eigenvalue weighted by Crippen LogP contribution is 2.36. The van der Waals surface area contributed by atoms with Crippen molar-refractivity contribution in [3.8, 4) is 0 Å². The Morgan fingerprint density at radius 2 is 2.29 bits per heavy atom. The molecule has 1 saturated carbocycles. The predicted octanol–water partition coefficient (Wildman–Crippen LogP) is 3.21. The van der Waals surface area contributed by atoms with Crippen LogP contribution in [0, 0.1) is 0 Å². The highest BCUT2D eigenvalue weighted by Gasteiger charge is 2.20. The smallest absolute Gasteiger partial charge is 0.0959 e. The number of rotatable bonds is 3. The average molecular weight is 210 g/mol. The summed E-state index contributed by atoms with van der Waals surface area (Å²) >= 11 is 1.80. The molecule has 0 bridgehead atoms. The van der Waals surface area contributed by atoms with Crippen LogP contribution in [0.15, 0.2) is 5.38 Å². The van der Waals surface area contributed by atoms with Gasteiger partial charge in [-0.15, -0.1) is 11.3 Å². The largest absolute Gasteiger partial charge is 0.323 e. The second-order valence-electron chi connectivity index (χ2n) is 4.11. The van der Waals surface area contributed by atoms with Gasteiger partial charge in [-0.05, 0) is 19.3 Å². The van der Waals surface area contributed by atoms with Crippen LogP contribution in [-0.2, 0) is 0 Å². The number of aromatic nitrogens is 1. The number of thiazole rings is 1. The number of hydrogen-bond donors (Lipinski definition) is 1. The van der Waals surface area contributed by atoms with Gasteiger partial charge in [0.2, 0.25) is 0 Å². The molecule has 1 aliphatic rings. The van der Waals surface area contributed by atoms with E-state index in [-0.39, 0.29) is 6.04 Å². The SMILES string of the molecule is CCC(N)c1csc(C2CCCC2)n1. The lowest BCUT2D eigenvalue weighted by Crippen LogP contribution is -2.09. The summed E-state index contributed by atoms with van der Waals surface area (Å²) in [5.41, 5.74) is 7.05. The average Bonchev–Trinajstić information content (AvgIpc) is 2.86. The van der Waals surface area contributed by atoms with E-state index in [2.05, 4.69) is 17.3 Å². The molecule has 14 heavy (non-hydrogen) atoms. The Morgan fingerprint density at radius 3 is 2.93 bits per heavy atom. The van der Waals surface area contributed by atoms with Crippen LogP contribution in [0.1, 0.15) is 61.7 Å². The van der Waals surface area contributed by atoms with Crippen LogP contribution in [0.3, 0.4) is 0 Å². The van der Waals surface area contributed by atoms with Crippen molar-refractivity contribution in [1.29, 1.82) is 0 Å². The van der Waals surface area contributed by atoms with E-state index in [9.17, 15) is 0 Å². The molecule has 2 nitrogen and oxygen atoms in total. The van der Waals surface area contributed by atoms with Gasteiger partial charge in [0.25, 0.3) is 0 Å². The van der Waals surface area contributed by atoms with Gasteiger partial charge >= 0.3 is 0 Å². The van der Waals surface area contributed by atoms with Crippen molar-refractivity contribution in [2.45, 2.75) is 51.0 Å². The molecule has 1 aliphatic carbocycles. The molecule has 3 heteroatoms. The van der Waals surface area contributed by atoms with Crippen LogP contribution in [0.25, 0.3) is 0 Å². The molecule has 1 aromatic heterocycles. The van der Waals surface area contributed by atoms with Crippen molar-refractivity contribution < 1.29 is 0 Å². The molecule has 0 amide bonds. The monoisotopic (exact) mass is 210 g/mol. The Labute approximate surface area is 89.5 Å². The van der Waals surface area contributed by atoms with E-state index in [1.54, 1.807) is 11.3 Å². The lowest BCUT2D eigenvalue weighted by molar-refractivity contribution is 0.661. The van der Waals surface area contributed by atoms with E-state index >= 15 is 0 Å². The summed E-state index contributed by atoms with van der Waals surface area (Å²) in [6.45, 7) is 2.11. The van der Waals surface area contributed by atoms with Crippen LogP contribution in [0.2, 0.25) is 0 Å². The number of nitrogens with two attached hydrogens (primary N) is 1. The molecule has 1 aromatic rings. The Morgan fingerprint density at radius 1 is 1.57 bits per heavy atom. The fraction of sp³-hybridized carbons (Fsp3) is 0.727. The van der Waals surface area contributed by atoms with Crippen LogP contribution in [0.4, 0.5) is 0 Å². The summed E-state index contributed by atoms with van der Waals surface area (Å²) in [5, 5.41) is 3.46. The first-order chi connectivity index (χ1) is 6.81. The maximum absolute atomic E-state index is 5.95. The zero-order valence-corrected chi connectivity index (χ0v) is 9.52. The first-order valence-electron chi connectivity index (χ1n) is 5.52. The molecule has 1 fully saturated rings. The first kappa shape index (κ1) is 10.1. The van der Waals surface area contributed by atoms with Crippen LogP contribution < -0.4 is 5.73 Å². The minimum Gasteiger partial charge on any atom is -0.323 e. The highest BCUT2D eigenvalue weighted by molar-refractivity contribution is 7.09. The summed E-state index contributed by atoms with van der Waals surface area (Å²) in [5.74, 6) is 0.734. The third-order valence-electron chi connectivity index (χ3n) is 3.06. The lowest BCUT2D eigenvalue weighted by Gasteiger charge is -2.05. The van der Waals surface area contributed by atoms with E-state index in [1.165, 1.54) is 30.7 Å². The van der Waals surface area contributed by atoms with Crippen LogP contribution in [-0.4, -0.2) is 4.98 Å². The second kappa shape index (κ2) is 4.41. The zero-order valence-electron chi connectivity index (χ0n) is 8.70. The van der Waals surface area contributed by atoms with E-state index < -0.39 is 0 Å². The Balaban J connectivity index is 2.08. The summed E-state index contributed by atoms with van der Waals surface area (Å²) in [7, 11) is 0. The van der Waals surface area contributed by atoms with Crippen LogP contribution in [0.5, 0.6) is 0 Å². The van der Waals surface area contributed by atoms with Gasteiger partial charge in [0.1, 0.15) is 0 Å². The summed E-state index contributed by atoms with van der Waals surface area (Å²) in [6, 6.07) is 0.140. The molecule has 1 unspecified atom stereocenters. The Bertz CT molecular complexity index is 289. The molecule has 0 saturated heterocycles. The predicted molar refractivity (Wildman–Crippen MR) is 60.5 cm³/mol. The summed E-state index contributed by atoms with van der Waals surface area (Å²) in [4.78, 5) is 4.66. The summed E-state index contributed by atoms with van der Waals surface area (Å²) in [6.07, 6.45) is 6.38. The van der Waals surface area contributed by atoms with E-state index in [0.29, 0.717) is 0 Å². The van der Waals surface area contributed by atoms with Crippen molar-refractivity contribution in [2.75, 3.05) is 0 Å². The van der Waals surface area contributed by atoms with E-state index in [4.69, 9.17) is 5.73 Å². The minimum atomic E-state index is 0.140.